The number of urea groups is 1. The number of likely N-dealkylation sites (N-methyl/N-ethyl adjacent to an activating group) is 1. The predicted molar refractivity (Wildman–Crippen MR) is 108 cm³/mol. The lowest BCUT2D eigenvalue weighted by Gasteiger charge is -2.61. The van der Waals surface area contributed by atoms with Crippen molar-refractivity contribution in [1.29, 1.82) is 0 Å². The van der Waals surface area contributed by atoms with Crippen LogP contribution < -0.4 is 14.7 Å². The fourth-order valence-electron chi connectivity index (χ4n) is 4.46. The molecule has 0 atom stereocenters. The van der Waals surface area contributed by atoms with E-state index in [1.54, 1.807) is 0 Å². The third kappa shape index (κ3) is 2.70. The van der Waals surface area contributed by atoms with E-state index in [4.69, 9.17) is 11.6 Å². The van der Waals surface area contributed by atoms with Gasteiger partial charge in [-0.1, -0.05) is 17.7 Å². The van der Waals surface area contributed by atoms with Crippen LogP contribution in [0.25, 0.3) is 0 Å². The van der Waals surface area contributed by atoms with Crippen LogP contribution in [-0.2, 0) is 0 Å². The highest BCUT2D eigenvalue weighted by Gasteiger charge is 2.54. The standard InChI is InChI=1S/C20H22ClN5O/c1-23-8-9-26(16-6-5-15(21)10-17(16)23)19(27)25-13-20(14-25)11-24(12-20)18-4-2-3-7-22-18/h2-7,10H,8-9,11-14H2,1H3. The average molecular weight is 384 g/mol. The number of anilines is 3. The number of aromatic nitrogens is 1. The Morgan fingerprint density at radius 3 is 2.63 bits per heavy atom. The van der Waals surface area contributed by atoms with Crippen molar-refractivity contribution in [2.24, 2.45) is 5.41 Å². The fourth-order valence-corrected chi connectivity index (χ4v) is 4.62. The van der Waals surface area contributed by atoms with Crippen LogP contribution in [0, 0.1) is 5.41 Å². The SMILES string of the molecule is CN1CCN(C(=O)N2CC3(C2)CN(c2ccccn2)C3)c2ccc(Cl)cc21. The molecule has 2 fully saturated rings. The van der Waals surface area contributed by atoms with Gasteiger partial charge in [0.15, 0.2) is 0 Å². The minimum Gasteiger partial charge on any atom is -0.371 e. The molecule has 5 rings (SSSR count). The molecule has 2 saturated heterocycles. The number of fused-ring (bicyclic) bond motifs is 1. The van der Waals surface area contributed by atoms with E-state index in [1.807, 2.05) is 59.4 Å². The Balaban J connectivity index is 1.25. The minimum absolute atomic E-state index is 0.105. The third-order valence-electron chi connectivity index (χ3n) is 5.88. The maximum Gasteiger partial charge on any atom is 0.324 e. The highest BCUT2D eigenvalue weighted by molar-refractivity contribution is 6.31. The molecule has 0 unspecified atom stereocenters. The van der Waals surface area contributed by atoms with E-state index in [0.717, 1.165) is 49.9 Å². The number of amides is 2. The van der Waals surface area contributed by atoms with E-state index in [2.05, 4.69) is 14.8 Å². The second-order valence-corrected chi connectivity index (χ2v) is 8.33. The van der Waals surface area contributed by atoms with Crippen LogP contribution in [0.5, 0.6) is 0 Å². The summed E-state index contributed by atoms with van der Waals surface area (Å²) >= 11 is 6.15. The number of likely N-dealkylation sites (tertiary alicyclic amines) is 1. The van der Waals surface area contributed by atoms with Crippen molar-refractivity contribution in [2.45, 2.75) is 0 Å². The summed E-state index contributed by atoms with van der Waals surface area (Å²) in [6, 6.07) is 11.8. The second kappa shape index (κ2) is 6.02. The summed E-state index contributed by atoms with van der Waals surface area (Å²) in [6.45, 7) is 5.11. The highest BCUT2D eigenvalue weighted by atomic mass is 35.5. The molecule has 27 heavy (non-hydrogen) atoms. The molecule has 3 aliphatic rings. The van der Waals surface area contributed by atoms with E-state index in [9.17, 15) is 4.79 Å². The van der Waals surface area contributed by atoms with Gasteiger partial charge >= 0.3 is 6.03 Å². The van der Waals surface area contributed by atoms with E-state index >= 15 is 0 Å². The van der Waals surface area contributed by atoms with Gasteiger partial charge in [-0.05, 0) is 30.3 Å². The molecule has 4 heterocycles. The first-order valence-electron chi connectivity index (χ1n) is 9.28. The molecule has 0 aliphatic carbocycles. The minimum atomic E-state index is 0.105. The molecule has 6 nitrogen and oxygen atoms in total. The number of hydrogen-bond acceptors (Lipinski definition) is 4. The summed E-state index contributed by atoms with van der Waals surface area (Å²) in [6.07, 6.45) is 1.83. The van der Waals surface area contributed by atoms with Gasteiger partial charge in [0, 0.05) is 63.0 Å². The number of benzene rings is 1. The molecular formula is C20H22ClN5O. The smallest absolute Gasteiger partial charge is 0.324 e. The molecule has 0 bridgehead atoms. The topological polar surface area (TPSA) is 42.9 Å². The zero-order valence-electron chi connectivity index (χ0n) is 15.3. The molecule has 3 aliphatic heterocycles. The first-order chi connectivity index (χ1) is 13.0. The van der Waals surface area contributed by atoms with Crippen LogP contribution in [0.15, 0.2) is 42.6 Å². The van der Waals surface area contributed by atoms with Crippen molar-refractivity contribution in [3.63, 3.8) is 0 Å². The van der Waals surface area contributed by atoms with E-state index < -0.39 is 0 Å². The summed E-state index contributed by atoms with van der Waals surface area (Å²) in [4.78, 5) is 25.8. The molecule has 0 saturated carbocycles. The van der Waals surface area contributed by atoms with Crippen LogP contribution >= 0.6 is 11.6 Å². The summed E-state index contributed by atoms with van der Waals surface area (Å²) in [7, 11) is 2.04. The van der Waals surface area contributed by atoms with Crippen molar-refractivity contribution in [3.05, 3.63) is 47.6 Å². The highest BCUT2D eigenvalue weighted by Crippen LogP contribution is 2.43. The Kier molecular flexibility index (Phi) is 3.72. The zero-order chi connectivity index (χ0) is 18.6. The van der Waals surface area contributed by atoms with Gasteiger partial charge in [0.05, 0.1) is 11.4 Å². The second-order valence-electron chi connectivity index (χ2n) is 7.89. The van der Waals surface area contributed by atoms with Gasteiger partial charge < -0.3 is 14.7 Å². The molecular weight excluding hydrogens is 362 g/mol. The van der Waals surface area contributed by atoms with Crippen LogP contribution in [-0.4, -0.2) is 62.2 Å². The summed E-state index contributed by atoms with van der Waals surface area (Å²) in [5, 5.41) is 0.696. The lowest BCUT2D eigenvalue weighted by molar-refractivity contribution is 0.00966. The van der Waals surface area contributed by atoms with Gasteiger partial charge in [0.25, 0.3) is 0 Å². The normalized spacial score (nSPS) is 20.2. The maximum absolute atomic E-state index is 13.1. The molecule has 0 N–H and O–H groups in total. The molecule has 1 aromatic heterocycles. The quantitative estimate of drug-likeness (QED) is 0.759. The Morgan fingerprint density at radius 2 is 1.89 bits per heavy atom. The van der Waals surface area contributed by atoms with Gasteiger partial charge in [-0.25, -0.2) is 9.78 Å². The summed E-state index contributed by atoms with van der Waals surface area (Å²) in [5.41, 5.74) is 2.20. The van der Waals surface area contributed by atoms with Crippen molar-refractivity contribution in [3.8, 4) is 0 Å². The van der Waals surface area contributed by atoms with E-state index in [-0.39, 0.29) is 11.4 Å². The van der Waals surface area contributed by atoms with Crippen molar-refractivity contribution < 1.29 is 4.79 Å². The molecule has 140 valence electrons. The first-order valence-corrected chi connectivity index (χ1v) is 9.66. The number of pyridine rings is 1. The van der Waals surface area contributed by atoms with E-state index in [0.29, 0.717) is 11.6 Å². The van der Waals surface area contributed by atoms with Crippen LogP contribution in [0.4, 0.5) is 22.0 Å². The largest absolute Gasteiger partial charge is 0.371 e. The summed E-state index contributed by atoms with van der Waals surface area (Å²) < 4.78 is 0. The Morgan fingerprint density at radius 1 is 1.07 bits per heavy atom. The Hall–Kier alpha value is -2.47. The lowest BCUT2D eigenvalue weighted by Crippen LogP contribution is -2.74. The maximum atomic E-state index is 13.1. The van der Waals surface area contributed by atoms with Crippen molar-refractivity contribution >= 4 is 34.8 Å². The van der Waals surface area contributed by atoms with Crippen molar-refractivity contribution in [1.82, 2.24) is 9.88 Å². The number of halogens is 1. The Labute approximate surface area is 163 Å². The van der Waals surface area contributed by atoms with Gasteiger partial charge in [0.2, 0.25) is 0 Å². The van der Waals surface area contributed by atoms with Gasteiger partial charge in [-0.2, -0.15) is 0 Å². The number of nitrogens with zero attached hydrogens (tertiary/aromatic N) is 5. The van der Waals surface area contributed by atoms with Crippen molar-refractivity contribution in [2.75, 3.05) is 61.0 Å². The van der Waals surface area contributed by atoms with Gasteiger partial charge in [0.1, 0.15) is 5.82 Å². The molecule has 2 amide bonds. The predicted octanol–water partition coefficient (Wildman–Crippen LogP) is 2.93. The molecule has 0 radical (unpaired) electrons. The molecule has 7 heteroatoms. The van der Waals surface area contributed by atoms with E-state index in [1.165, 1.54) is 0 Å². The average Bonchev–Trinajstić information content (AvgIpc) is 2.61. The van der Waals surface area contributed by atoms with Crippen LogP contribution in [0.3, 0.4) is 0 Å². The number of rotatable bonds is 1. The van der Waals surface area contributed by atoms with Crippen LogP contribution in [0.1, 0.15) is 0 Å². The zero-order valence-corrected chi connectivity index (χ0v) is 16.1. The molecule has 1 spiro atoms. The molecule has 2 aromatic rings. The number of carbonyl (C=O) groups is 1. The first kappa shape index (κ1) is 16.7. The number of carbonyl (C=O) groups excluding carboxylic acids is 1. The fraction of sp³-hybridized carbons (Fsp3) is 0.400. The van der Waals surface area contributed by atoms with Crippen LogP contribution in [0.2, 0.25) is 5.02 Å². The lowest BCUT2D eigenvalue weighted by atomic mass is 9.73. The van der Waals surface area contributed by atoms with Gasteiger partial charge in [-0.15, -0.1) is 0 Å². The molecule has 1 aromatic carbocycles. The van der Waals surface area contributed by atoms with Gasteiger partial charge in [-0.3, -0.25) is 4.90 Å². The third-order valence-corrected chi connectivity index (χ3v) is 6.11. The number of hydrogen-bond donors (Lipinski definition) is 0. The Bertz CT molecular complexity index is 875. The monoisotopic (exact) mass is 383 g/mol. The summed E-state index contributed by atoms with van der Waals surface area (Å²) in [5.74, 6) is 1.03.